The van der Waals surface area contributed by atoms with Gasteiger partial charge in [0.1, 0.15) is 5.82 Å². The maximum atomic E-state index is 13.7. The molecule has 0 aromatic heterocycles. The Labute approximate surface area is 104 Å². The summed E-state index contributed by atoms with van der Waals surface area (Å²) in [5.74, 6) is -0.186. The van der Waals surface area contributed by atoms with Crippen molar-refractivity contribution in [1.29, 1.82) is 5.26 Å². The van der Waals surface area contributed by atoms with Crippen LogP contribution in [0.2, 0.25) is 0 Å². The summed E-state index contributed by atoms with van der Waals surface area (Å²) in [6.07, 6.45) is 0. The Morgan fingerprint density at radius 1 is 1.22 bits per heavy atom. The summed E-state index contributed by atoms with van der Waals surface area (Å²) in [4.78, 5) is 0. The van der Waals surface area contributed by atoms with Crippen molar-refractivity contribution in [2.45, 2.75) is 0 Å². The molecule has 0 atom stereocenters. The van der Waals surface area contributed by atoms with Crippen molar-refractivity contribution in [3.8, 4) is 28.7 Å². The van der Waals surface area contributed by atoms with Gasteiger partial charge in [0.05, 0.1) is 18.7 Å². The standard InChI is InChI=1S/C14H10FNO2/c1-18-14-7-10(3-5-13(14)17)11-6-9(8-16)2-4-12(11)15/h2-7,17H,1H3. The predicted molar refractivity (Wildman–Crippen MR) is 64.8 cm³/mol. The normalized spacial score (nSPS) is 9.83. The second kappa shape index (κ2) is 4.76. The highest BCUT2D eigenvalue weighted by Gasteiger charge is 2.09. The monoisotopic (exact) mass is 243 g/mol. The molecule has 0 aliphatic carbocycles. The molecular formula is C14H10FNO2. The molecule has 3 nitrogen and oxygen atoms in total. The van der Waals surface area contributed by atoms with Crippen LogP contribution in [0, 0.1) is 17.1 Å². The first-order chi connectivity index (χ1) is 8.65. The van der Waals surface area contributed by atoms with Crippen molar-refractivity contribution >= 4 is 0 Å². The first kappa shape index (κ1) is 11.9. The zero-order valence-electron chi connectivity index (χ0n) is 9.64. The Morgan fingerprint density at radius 2 is 2.00 bits per heavy atom. The van der Waals surface area contributed by atoms with Gasteiger partial charge in [-0.05, 0) is 35.9 Å². The Morgan fingerprint density at radius 3 is 2.67 bits per heavy atom. The van der Waals surface area contributed by atoms with Gasteiger partial charge in [-0.2, -0.15) is 5.26 Å². The zero-order valence-corrected chi connectivity index (χ0v) is 9.64. The molecule has 0 saturated heterocycles. The molecule has 0 radical (unpaired) electrons. The molecule has 0 spiro atoms. The lowest BCUT2D eigenvalue weighted by atomic mass is 10.0. The lowest BCUT2D eigenvalue weighted by Crippen LogP contribution is -1.89. The fourth-order valence-corrected chi connectivity index (χ4v) is 1.66. The Balaban J connectivity index is 2.58. The number of rotatable bonds is 2. The second-order valence-corrected chi connectivity index (χ2v) is 3.69. The van der Waals surface area contributed by atoms with E-state index in [1.165, 1.54) is 37.4 Å². The molecule has 0 fully saturated rings. The number of phenols is 1. The quantitative estimate of drug-likeness (QED) is 0.881. The minimum atomic E-state index is -0.429. The lowest BCUT2D eigenvalue weighted by molar-refractivity contribution is 0.373. The van der Waals surface area contributed by atoms with E-state index in [4.69, 9.17) is 10.00 Å². The SMILES string of the molecule is COc1cc(-c2cc(C#N)ccc2F)ccc1O. The molecule has 1 N–H and O–H groups in total. The van der Waals surface area contributed by atoms with Gasteiger partial charge < -0.3 is 9.84 Å². The number of benzene rings is 2. The van der Waals surface area contributed by atoms with E-state index >= 15 is 0 Å². The molecule has 2 aromatic carbocycles. The van der Waals surface area contributed by atoms with Gasteiger partial charge in [-0.3, -0.25) is 0 Å². The van der Waals surface area contributed by atoms with E-state index in [9.17, 15) is 9.50 Å². The van der Waals surface area contributed by atoms with E-state index in [2.05, 4.69) is 0 Å². The third kappa shape index (κ3) is 2.11. The third-order valence-electron chi connectivity index (χ3n) is 2.59. The Hall–Kier alpha value is -2.54. The van der Waals surface area contributed by atoms with E-state index in [1.807, 2.05) is 6.07 Å². The minimum Gasteiger partial charge on any atom is -0.504 e. The number of nitriles is 1. The molecule has 0 amide bonds. The fourth-order valence-electron chi connectivity index (χ4n) is 1.66. The highest BCUT2D eigenvalue weighted by atomic mass is 19.1. The second-order valence-electron chi connectivity index (χ2n) is 3.69. The van der Waals surface area contributed by atoms with Crippen LogP contribution in [0.3, 0.4) is 0 Å². The Kier molecular flexibility index (Phi) is 3.16. The first-order valence-electron chi connectivity index (χ1n) is 5.22. The molecule has 0 aliphatic rings. The maximum Gasteiger partial charge on any atom is 0.161 e. The molecule has 90 valence electrons. The fraction of sp³-hybridized carbons (Fsp3) is 0.0714. The van der Waals surface area contributed by atoms with Crippen LogP contribution in [-0.4, -0.2) is 12.2 Å². The smallest absolute Gasteiger partial charge is 0.161 e. The topological polar surface area (TPSA) is 53.2 Å². The summed E-state index contributed by atoms with van der Waals surface area (Å²) in [7, 11) is 1.42. The van der Waals surface area contributed by atoms with Crippen molar-refractivity contribution < 1.29 is 14.2 Å². The van der Waals surface area contributed by atoms with Gasteiger partial charge in [-0.25, -0.2) is 4.39 Å². The summed E-state index contributed by atoms with van der Waals surface area (Å²) < 4.78 is 18.7. The number of aromatic hydroxyl groups is 1. The zero-order chi connectivity index (χ0) is 13.1. The van der Waals surface area contributed by atoms with Crippen LogP contribution >= 0.6 is 0 Å². The highest BCUT2D eigenvalue weighted by molar-refractivity contribution is 5.69. The van der Waals surface area contributed by atoms with Crippen molar-refractivity contribution in [3.05, 3.63) is 47.8 Å². The molecule has 18 heavy (non-hydrogen) atoms. The van der Waals surface area contributed by atoms with Crippen molar-refractivity contribution in [3.63, 3.8) is 0 Å². The van der Waals surface area contributed by atoms with Gasteiger partial charge in [-0.1, -0.05) is 6.07 Å². The Bertz CT molecular complexity index is 632. The molecule has 0 bridgehead atoms. The number of hydrogen-bond donors (Lipinski definition) is 1. The molecular weight excluding hydrogens is 233 g/mol. The average molecular weight is 243 g/mol. The van der Waals surface area contributed by atoms with E-state index in [0.717, 1.165) is 0 Å². The highest BCUT2D eigenvalue weighted by Crippen LogP contribution is 2.32. The van der Waals surface area contributed by atoms with E-state index in [1.54, 1.807) is 6.07 Å². The molecule has 0 saturated carbocycles. The number of halogens is 1. The van der Waals surface area contributed by atoms with Crippen LogP contribution in [-0.2, 0) is 0 Å². The largest absolute Gasteiger partial charge is 0.504 e. The van der Waals surface area contributed by atoms with E-state index in [-0.39, 0.29) is 11.5 Å². The third-order valence-corrected chi connectivity index (χ3v) is 2.59. The first-order valence-corrected chi connectivity index (χ1v) is 5.22. The van der Waals surface area contributed by atoms with Crippen LogP contribution in [0.5, 0.6) is 11.5 Å². The summed E-state index contributed by atoms with van der Waals surface area (Å²) in [5.41, 5.74) is 1.21. The van der Waals surface area contributed by atoms with Crippen LogP contribution < -0.4 is 4.74 Å². The number of ether oxygens (including phenoxy) is 1. The van der Waals surface area contributed by atoms with Crippen LogP contribution in [0.25, 0.3) is 11.1 Å². The van der Waals surface area contributed by atoms with Gasteiger partial charge in [0.2, 0.25) is 0 Å². The molecule has 0 unspecified atom stereocenters. The van der Waals surface area contributed by atoms with Crippen LogP contribution in [0.4, 0.5) is 4.39 Å². The van der Waals surface area contributed by atoms with Crippen molar-refractivity contribution in [2.75, 3.05) is 7.11 Å². The van der Waals surface area contributed by atoms with Gasteiger partial charge in [-0.15, -0.1) is 0 Å². The number of phenolic OH excluding ortho intramolecular Hbond substituents is 1. The van der Waals surface area contributed by atoms with E-state index in [0.29, 0.717) is 16.7 Å². The average Bonchev–Trinajstić information content (AvgIpc) is 2.40. The lowest BCUT2D eigenvalue weighted by Gasteiger charge is -2.08. The van der Waals surface area contributed by atoms with Gasteiger partial charge in [0.15, 0.2) is 11.5 Å². The summed E-state index contributed by atoms with van der Waals surface area (Å²) in [6.45, 7) is 0. The minimum absolute atomic E-state index is 0.0157. The summed E-state index contributed by atoms with van der Waals surface area (Å²) in [6, 6.07) is 10.6. The van der Waals surface area contributed by atoms with Crippen LogP contribution in [0.1, 0.15) is 5.56 Å². The van der Waals surface area contributed by atoms with Gasteiger partial charge >= 0.3 is 0 Å². The molecule has 2 aromatic rings. The predicted octanol–water partition coefficient (Wildman–Crippen LogP) is 3.08. The number of methoxy groups -OCH3 is 1. The molecule has 0 aliphatic heterocycles. The molecule has 0 heterocycles. The van der Waals surface area contributed by atoms with Crippen molar-refractivity contribution in [1.82, 2.24) is 0 Å². The van der Waals surface area contributed by atoms with Crippen LogP contribution in [0.15, 0.2) is 36.4 Å². The van der Waals surface area contributed by atoms with Gasteiger partial charge in [0, 0.05) is 5.56 Å². The van der Waals surface area contributed by atoms with Gasteiger partial charge in [0.25, 0.3) is 0 Å². The molecule has 4 heteroatoms. The van der Waals surface area contributed by atoms with E-state index < -0.39 is 5.82 Å². The summed E-state index contributed by atoms with van der Waals surface area (Å²) in [5, 5.41) is 18.3. The maximum absolute atomic E-state index is 13.7. The summed E-state index contributed by atoms with van der Waals surface area (Å²) >= 11 is 0. The molecule has 2 rings (SSSR count). The number of hydrogen-bond acceptors (Lipinski definition) is 3. The van der Waals surface area contributed by atoms with Crippen molar-refractivity contribution in [2.24, 2.45) is 0 Å². The number of nitrogens with zero attached hydrogens (tertiary/aromatic N) is 1.